The van der Waals surface area contributed by atoms with E-state index in [0.717, 1.165) is 23.9 Å². The smallest absolute Gasteiger partial charge is 0.238 e. The van der Waals surface area contributed by atoms with Crippen molar-refractivity contribution < 1.29 is 22.0 Å². The van der Waals surface area contributed by atoms with E-state index in [0.29, 0.717) is 10.5 Å². The molecule has 25 heavy (non-hydrogen) atoms. The molecule has 5 nitrogen and oxygen atoms in total. The number of nitrogens with one attached hydrogen (secondary N) is 1. The lowest BCUT2D eigenvalue weighted by atomic mass is 10.1. The van der Waals surface area contributed by atoms with E-state index in [4.69, 9.17) is 5.14 Å². The summed E-state index contributed by atoms with van der Waals surface area (Å²) in [6.07, 6.45) is 0. The van der Waals surface area contributed by atoms with Crippen molar-refractivity contribution in [2.45, 2.75) is 22.8 Å². The molecule has 0 heterocycles. The summed E-state index contributed by atoms with van der Waals surface area (Å²) in [5, 5.41) is 7.77. The van der Waals surface area contributed by atoms with Crippen LogP contribution in [0, 0.1) is 11.6 Å². The van der Waals surface area contributed by atoms with E-state index in [1.807, 2.05) is 0 Å². The molecule has 1 amide bonds. The van der Waals surface area contributed by atoms with Crippen molar-refractivity contribution >= 4 is 27.7 Å². The summed E-state index contributed by atoms with van der Waals surface area (Å²) in [7, 11) is -3.76. The number of sulfonamides is 1. The van der Waals surface area contributed by atoms with Gasteiger partial charge in [0.1, 0.15) is 0 Å². The van der Waals surface area contributed by atoms with Crippen molar-refractivity contribution in [1.82, 2.24) is 5.32 Å². The quantitative estimate of drug-likeness (QED) is 0.747. The van der Waals surface area contributed by atoms with Gasteiger partial charge in [0.25, 0.3) is 0 Å². The summed E-state index contributed by atoms with van der Waals surface area (Å²) in [6, 6.07) is 8.93. The Labute approximate surface area is 148 Å². The Bertz CT molecular complexity index is 871. The van der Waals surface area contributed by atoms with Gasteiger partial charge in [0.2, 0.25) is 15.9 Å². The van der Waals surface area contributed by atoms with Gasteiger partial charge < -0.3 is 5.32 Å². The van der Waals surface area contributed by atoms with Gasteiger partial charge in [-0.3, -0.25) is 4.79 Å². The molecule has 0 aliphatic carbocycles. The number of halogens is 2. The number of hydrogen-bond acceptors (Lipinski definition) is 4. The highest BCUT2D eigenvalue weighted by molar-refractivity contribution is 8.00. The Hall–Kier alpha value is -1.97. The lowest BCUT2D eigenvalue weighted by Gasteiger charge is -2.14. The molecular weight excluding hydrogens is 370 g/mol. The van der Waals surface area contributed by atoms with Crippen LogP contribution in [0.5, 0.6) is 0 Å². The molecule has 0 radical (unpaired) electrons. The predicted molar refractivity (Wildman–Crippen MR) is 91.5 cm³/mol. The number of carbonyl (C=O) groups excluding carboxylic acids is 1. The molecule has 1 atom stereocenters. The maximum absolute atomic E-state index is 13.1. The maximum atomic E-state index is 13.1. The number of primary sulfonamides is 1. The third-order valence-corrected chi connectivity index (χ3v) is 5.27. The topological polar surface area (TPSA) is 89.3 Å². The standard InChI is InChI=1S/C16H16F2N2O3S2/c1-10(11-2-5-13(6-3-11)25(19,22)23)20-16(21)9-24-12-4-7-14(17)15(18)8-12/h2-8,10H,9H2,1H3,(H,20,21)(H2,19,22,23)/t10-/m1/s1. The minimum atomic E-state index is -3.76. The Balaban J connectivity index is 1.92. The van der Waals surface area contributed by atoms with E-state index in [1.165, 1.54) is 18.2 Å². The summed E-state index contributed by atoms with van der Waals surface area (Å²) in [4.78, 5) is 12.4. The van der Waals surface area contributed by atoms with Crippen LogP contribution in [0.25, 0.3) is 0 Å². The molecule has 0 aromatic heterocycles. The van der Waals surface area contributed by atoms with Crippen molar-refractivity contribution in [3.05, 3.63) is 59.7 Å². The van der Waals surface area contributed by atoms with E-state index in [9.17, 15) is 22.0 Å². The van der Waals surface area contributed by atoms with Crippen LogP contribution in [-0.4, -0.2) is 20.1 Å². The zero-order valence-electron chi connectivity index (χ0n) is 13.2. The molecule has 0 bridgehead atoms. The van der Waals surface area contributed by atoms with E-state index < -0.39 is 21.7 Å². The van der Waals surface area contributed by atoms with Crippen molar-refractivity contribution in [2.75, 3.05) is 5.75 Å². The van der Waals surface area contributed by atoms with Gasteiger partial charge in [-0.1, -0.05) is 12.1 Å². The second-order valence-electron chi connectivity index (χ2n) is 5.27. The molecular formula is C16H16F2N2O3S2. The van der Waals surface area contributed by atoms with E-state index in [1.54, 1.807) is 19.1 Å². The minimum Gasteiger partial charge on any atom is -0.349 e. The van der Waals surface area contributed by atoms with Crippen LogP contribution in [-0.2, 0) is 14.8 Å². The highest BCUT2D eigenvalue weighted by Gasteiger charge is 2.13. The first-order valence-electron chi connectivity index (χ1n) is 7.17. The van der Waals surface area contributed by atoms with Crippen LogP contribution in [0.2, 0.25) is 0 Å². The van der Waals surface area contributed by atoms with Gasteiger partial charge in [-0.15, -0.1) is 11.8 Å². The minimum absolute atomic E-state index is 0.0105. The van der Waals surface area contributed by atoms with Crippen LogP contribution < -0.4 is 10.5 Å². The average Bonchev–Trinajstić information content (AvgIpc) is 2.55. The largest absolute Gasteiger partial charge is 0.349 e. The first-order chi connectivity index (χ1) is 11.7. The van der Waals surface area contributed by atoms with Crippen molar-refractivity contribution in [3.63, 3.8) is 0 Å². The molecule has 0 unspecified atom stereocenters. The second-order valence-corrected chi connectivity index (χ2v) is 7.88. The molecule has 0 saturated heterocycles. The monoisotopic (exact) mass is 386 g/mol. The Morgan fingerprint density at radius 2 is 1.80 bits per heavy atom. The highest BCUT2D eigenvalue weighted by Crippen LogP contribution is 2.21. The normalized spacial score (nSPS) is 12.6. The molecule has 0 saturated carbocycles. The van der Waals surface area contributed by atoms with Crippen LogP contribution >= 0.6 is 11.8 Å². The number of hydrogen-bond donors (Lipinski definition) is 2. The molecule has 0 spiro atoms. The molecule has 2 rings (SSSR count). The Morgan fingerprint density at radius 1 is 1.16 bits per heavy atom. The van der Waals surface area contributed by atoms with Crippen molar-refractivity contribution in [3.8, 4) is 0 Å². The summed E-state index contributed by atoms with van der Waals surface area (Å²) >= 11 is 1.08. The molecule has 9 heteroatoms. The fraction of sp³-hybridized carbons (Fsp3) is 0.188. The van der Waals surface area contributed by atoms with Gasteiger partial charge in [-0.05, 0) is 42.8 Å². The number of nitrogens with two attached hydrogens (primary N) is 1. The van der Waals surface area contributed by atoms with Crippen molar-refractivity contribution in [1.29, 1.82) is 0 Å². The van der Waals surface area contributed by atoms with E-state index >= 15 is 0 Å². The van der Waals surface area contributed by atoms with Gasteiger partial charge in [0.15, 0.2) is 11.6 Å². The van der Waals surface area contributed by atoms with E-state index in [-0.39, 0.29) is 22.6 Å². The lowest BCUT2D eigenvalue weighted by molar-refractivity contribution is -0.119. The third kappa shape index (κ3) is 5.52. The van der Waals surface area contributed by atoms with E-state index in [2.05, 4.69) is 5.32 Å². The Kier molecular flexibility index (Phi) is 6.15. The Morgan fingerprint density at radius 3 is 2.36 bits per heavy atom. The number of benzene rings is 2. The molecule has 0 aliphatic heterocycles. The average molecular weight is 386 g/mol. The molecule has 2 aromatic carbocycles. The third-order valence-electron chi connectivity index (χ3n) is 3.35. The fourth-order valence-corrected chi connectivity index (χ4v) is 3.28. The summed E-state index contributed by atoms with van der Waals surface area (Å²) in [5.74, 6) is -2.16. The van der Waals surface area contributed by atoms with Gasteiger partial charge in [0.05, 0.1) is 16.7 Å². The fourth-order valence-electron chi connectivity index (χ4n) is 2.03. The first kappa shape index (κ1) is 19.4. The summed E-state index contributed by atoms with van der Waals surface area (Å²) in [6.45, 7) is 1.74. The number of rotatable bonds is 6. The summed E-state index contributed by atoms with van der Waals surface area (Å²) < 4.78 is 48.4. The van der Waals surface area contributed by atoms with Crippen LogP contribution in [0.4, 0.5) is 8.78 Å². The molecule has 134 valence electrons. The SMILES string of the molecule is C[C@@H](NC(=O)CSc1ccc(F)c(F)c1)c1ccc(S(N)(=O)=O)cc1. The van der Waals surface area contributed by atoms with Crippen LogP contribution in [0.1, 0.15) is 18.5 Å². The molecule has 3 N–H and O–H groups in total. The molecule has 2 aromatic rings. The van der Waals surface area contributed by atoms with Gasteiger partial charge in [-0.25, -0.2) is 22.3 Å². The van der Waals surface area contributed by atoms with Crippen LogP contribution in [0.3, 0.4) is 0 Å². The van der Waals surface area contributed by atoms with Gasteiger partial charge in [0, 0.05) is 4.90 Å². The molecule has 0 fully saturated rings. The first-order valence-corrected chi connectivity index (χ1v) is 9.70. The number of carbonyl (C=O) groups is 1. The predicted octanol–water partition coefficient (Wildman–Crippen LogP) is 2.58. The van der Waals surface area contributed by atoms with Crippen molar-refractivity contribution in [2.24, 2.45) is 5.14 Å². The second kappa shape index (κ2) is 7.94. The lowest BCUT2D eigenvalue weighted by Crippen LogP contribution is -2.28. The number of thioether (sulfide) groups is 1. The van der Waals surface area contributed by atoms with Gasteiger partial charge in [-0.2, -0.15) is 0 Å². The highest BCUT2D eigenvalue weighted by atomic mass is 32.2. The zero-order chi connectivity index (χ0) is 18.6. The van der Waals surface area contributed by atoms with Gasteiger partial charge >= 0.3 is 0 Å². The van der Waals surface area contributed by atoms with Crippen LogP contribution in [0.15, 0.2) is 52.3 Å². The zero-order valence-corrected chi connectivity index (χ0v) is 14.8. The molecule has 0 aliphatic rings. The maximum Gasteiger partial charge on any atom is 0.238 e. The number of amides is 1. The summed E-state index contributed by atoms with van der Waals surface area (Å²) in [5.41, 5.74) is 0.707.